The summed E-state index contributed by atoms with van der Waals surface area (Å²) in [5, 5.41) is 0. The van der Waals surface area contributed by atoms with Crippen molar-refractivity contribution in [1.29, 1.82) is 0 Å². The van der Waals surface area contributed by atoms with Crippen LogP contribution in [-0.2, 0) is 0 Å². The topological polar surface area (TPSA) is 41.6 Å². The van der Waals surface area contributed by atoms with E-state index in [9.17, 15) is 17.6 Å². The Kier molecular flexibility index (Phi) is 2.14. The number of H-pyrrole nitrogens is 1. The van der Waals surface area contributed by atoms with Gasteiger partial charge in [0, 0.05) is 12.4 Å². The number of rotatable bonds is 1. The highest BCUT2D eigenvalue weighted by Gasteiger charge is 2.23. The number of pyridine rings is 1. The van der Waals surface area contributed by atoms with Crippen LogP contribution < -0.4 is 0 Å². The predicted molar refractivity (Wildman–Crippen MR) is 41.7 cm³/mol. The molecule has 7 heteroatoms. The highest BCUT2D eigenvalue weighted by atomic mass is 19.2. The zero-order chi connectivity index (χ0) is 11.0. The SMILES string of the molecule is Fc1nc(F)c(F)c(-c2ncc[nH]2)c1F. The van der Waals surface area contributed by atoms with E-state index in [1.54, 1.807) is 0 Å². The van der Waals surface area contributed by atoms with Gasteiger partial charge in [-0.05, 0) is 0 Å². The fourth-order valence-corrected chi connectivity index (χ4v) is 1.10. The maximum Gasteiger partial charge on any atom is 0.252 e. The van der Waals surface area contributed by atoms with E-state index < -0.39 is 29.1 Å². The number of nitrogens with one attached hydrogen (secondary N) is 1. The van der Waals surface area contributed by atoms with Gasteiger partial charge in [0.15, 0.2) is 11.6 Å². The van der Waals surface area contributed by atoms with E-state index in [2.05, 4.69) is 15.0 Å². The molecule has 0 bridgehead atoms. The Labute approximate surface area is 80.8 Å². The fraction of sp³-hybridized carbons (Fsp3) is 0. The van der Waals surface area contributed by atoms with Crippen LogP contribution in [0.25, 0.3) is 11.4 Å². The summed E-state index contributed by atoms with van der Waals surface area (Å²) in [5.74, 6) is -6.88. The monoisotopic (exact) mass is 217 g/mol. The van der Waals surface area contributed by atoms with Gasteiger partial charge in [0.25, 0.3) is 11.9 Å². The van der Waals surface area contributed by atoms with Crippen molar-refractivity contribution < 1.29 is 17.6 Å². The van der Waals surface area contributed by atoms with Crippen molar-refractivity contribution in [3.8, 4) is 11.4 Å². The lowest BCUT2D eigenvalue weighted by atomic mass is 10.2. The Morgan fingerprint density at radius 1 is 1.00 bits per heavy atom. The lowest BCUT2D eigenvalue weighted by molar-refractivity contribution is 0.410. The standard InChI is InChI=1S/C8H3F4N3/c9-4-3(8-13-1-2-14-8)5(10)7(12)15-6(4)11/h1-2H,(H,13,14). The quantitative estimate of drug-likeness (QED) is 0.586. The minimum absolute atomic E-state index is 0.301. The normalized spacial score (nSPS) is 10.7. The molecule has 0 aliphatic carbocycles. The van der Waals surface area contributed by atoms with E-state index in [0.717, 1.165) is 0 Å². The van der Waals surface area contributed by atoms with Gasteiger partial charge in [-0.3, -0.25) is 0 Å². The van der Waals surface area contributed by atoms with Crippen molar-refractivity contribution in [2.45, 2.75) is 0 Å². The molecule has 78 valence electrons. The minimum atomic E-state index is -1.71. The maximum absolute atomic E-state index is 13.1. The average Bonchev–Trinajstić information content (AvgIpc) is 2.69. The second-order valence-corrected chi connectivity index (χ2v) is 2.63. The van der Waals surface area contributed by atoms with Crippen molar-refractivity contribution in [1.82, 2.24) is 15.0 Å². The molecule has 0 fully saturated rings. The molecule has 1 N–H and O–H groups in total. The number of nitrogens with zero attached hydrogens (tertiary/aromatic N) is 2. The first-order valence-electron chi connectivity index (χ1n) is 3.81. The van der Waals surface area contributed by atoms with E-state index in [-0.39, 0.29) is 5.82 Å². The van der Waals surface area contributed by atoms with Crippen LogP contribution in [-0.4, -0.2) is 15.0 Å². The molecule has 0 spiro atoms. The van der Waals surface area contributed by atoms with Crippen molar-refractivity contribution in [3.63, 3.8) is 0 Å². The number of aromatic nitrogens is 3. The second-order valence-electron chi connectivity index (χ2n) is 2.63. The second kappa shape index (κ2) is 3.34. The lowest BCUT2D eigenvalue weighted by Gasteiger charge is -2.02. The Morgan fingerprint density at radius 2 is 1.60 bits per heavy atom. The molecular formula is C8H3F4N3. The molecule has 0 aliphatic heterocycles. The van der Waals surface area contributed by atoms with Crippen molar-refractivity contribution in [2.75, 3.05) is 0 Å². The van der Waals surface area contributed by atoms with Gasteiger partial charge < -0.3 is 4.98 Å². The lowest BCUT2D eigenvalue weighted by Crippen LogP contribution is -2.03. The smallest absolute Gasteiger partial charge is 0.252 e. The van der Waals surface area contributed by atoms with Crippen LogP contribution in [0.1, 0.15) is 0 Å². The van der Waals surface area contributed by atoms with Crippen LogP contribution in [0.15, 0.2) is 12.4 Å². The molecule has 0 amide bonds. The van der Waals surface area contributed by atoms with Gasteiger partial charge in [-0.15, -0.1) is 0 Å². The third-order valence-electron chi connectivity index (χ3n) is 1.73. The van der Waals surface area contributed by atoms with Crippen LogP contribution in [0, 0.1) is 23.5 Å². The molecule has 0 aliphatic rings. The summed E-state index contributed by atoms with van der Waals surface area (Å²) in [5.41, 5.74) is -0.898. The van der Waals surface area contributed by atoms with E-state index in [4.69, 9.17) is 0 Å². The number of halogens is 4. The van der Waals surface area contributed by atoms with E-state index in [1.807, 2.05) is 0 Å². The van der Waals surface area contributed by atoms with Crippen molar-refractivity contribution in [3.05, 3.63) is 35.9 Å². The van der Waals surface area contributed by atoms with E-state index in [1.165, 1.54) is 12.4 Å². The molecule has 2 aromatic heterocycles. The van der Waals surface area contributed by atoms with Crippen LogP contribution in [0.3, 0.4) is 0 Å². The minimum Gasteiger partial charge on any atom is -0.344 e. The number of aromatic amines is 1. The number of hydrogen-bond donors (Lipinski definition) is 1. The van der Waals surface area contributed by atoms with Gasteiger partial charge in [0.1, 0.15) is 5.82 Å². The van der Waals surface area contributed by atoms with Crippen LogP contribution in [0.2, 0.25) is 0 Å². The Balaban J connectivity index is 2.75. The Hall–Kier alpha value is -1.92. The van der Waals surface area contributed by atoms with Crippen LogP contribution in [0.5, 0.6) is 0 Å². The average molecular weight is 217 g/mol. The van der Waals surface area contributed by atoms with Gasteiger partial charge in [-0.2, -0.15) is 13.8 Å². The molecule has 2 rings (SSSR count). The summed E-state index contributed by atoms with van der Waals surface area (Å²) in [4.78, 5) is 8.25. The zero-order valence-corrected chi connectivity index (χ0v) is 7.06. The Morgan fingerprint density at radius 3 is 2.07 bits per heavy atom. The molecule has 0 aromatic carbocycles. The maximum atomic E-state index is 13.1. The summed E-state index contributed by atoms with van der Waals surface area (Å²) in [6.45, 7) is 0. The summed E-state index contributed by atoms with van der Waals surface area (Å²) in [6, 6.07) is 0. The van der Waals surface area contributed by atoms with Crippen molar-refractivity contribution in [2.24, 2.45) is 0 Å². The number of imidazole rings is 1. The molecule has 0 saturated carbocycles. The largest absolute Gasteiger partial charge is 0.344 e. The molecule has 0 radical (unpaired) electrons. The summed E-state index contributed by atoms with van der Waals surface area (Å²) >= 11 is 0. The van der Waals surface area contributed by atoms with E-state index >= 15 is 0 Å². The summed E-state index contributed by atoms with van der Waals surface area (Å²) in [7, 11) is 0. The third-order valence-corrected chi connectivity index (χ3v) is 1.73. The first-order chi connectivity index (χ1) is 7.11. The van der Waals surface area contributed by atoms with Crippen LogP contribution >= 0.6 is 0 Å². The molecule has 0 atom stereocenters. The van der Waals surface area contributed by atoms with Gasteiger partial charge in [-0.25, -0.2) is 13.8 Å². The molecular weight excluding hydrogens is 214 g/mol. The van der Waals surface area contributed by atoms with Gasteiger partial charge in [0.2, 0.25) is 0 Å². The molecule has 2 aromatic rings. The first kappa shape index (κ1) is 9.63. The highest BCUT2D eigenvalue weighted by molar-refractivity contribution is 5.55. The Bertz CT molecular complexity index is 469. The van der Waals surface area contributed by atoms with E-state index in [0.29, 0.717) is 0 Å². The predicted octanol–water partition coefficient (Wildman–Crippen LogP) is 2.03. The van der Waals surface area contributed by atoms with Crippen LogP contribution in [0.4, 0.5) is 17.6 Å². The molecule has 3 nitrogen and oxygen atoms in total. The van der Waals surface area contributed by atoms with Gasteiger partial charge in [0.05, 0.1) is 5.56 Å². The van der Waals surface area contributed by atoms with Gasteiger partial charge in [-0.1, -0.05) is 0 Å². The number of hydrogen-bond acceptors (Lipinski definition) is 2. The zero-order valence-electron chi connectivity index (χ0n) is 7.06. The third kappa shape index (κ3) is 1.45. The van der Waals surface area contributed by atoms with Crippen molar-refractivity contribution >= 4 is 0 Å². The summed E-state index contributed by atoms with van der Waals surface area (Å²) in [6.07, 6.45) is 2.47. The molecule has 2 heterocycles. The fourth-order valence-electron chi connectivity index (χ4n) is 1.10. The molecule has 0 unspecified atom stereocenters. The molecule has 0 saturated heterocycles. The van der Waals surface area contributed by atoms with Gasteiger partial charge >= 0.3 is 0 Å². The first-order valence-corrected chi connectivity index (χ1v) is 3.81. The summed E-state index contributed by atoms with van der Waals surface area (Å²) < 4.78 is 51.6. The molecule has 15 heavy (non-hydrogen) atoms. The highest BCUT2D eigenvalue weighted by Crippen LogP contribution is 2.24.